The Bertz CT molecular complexity index is 433. The van der Waals surface area contributed by atoms with Crippen LogP contribution in [0.15, 0.2) is 24.3 Å². The first-order valence-electron chi connectivity index (χ1n) is 7.95. The first kappa shape index (κ1) is 16.2. The molecule has 1 aliphatic rings. The van der Waals surface area contributed by atoms with Gasteiger partial charge in [0.1, 0.15) is 5.82 Å². The molecule has 4 heteroatoms. The first-order chi connectivity index (χ1) is 10.1. The second-order valence-electron chi connectivity index (χ2n) is 6.30. The Morgan fingerprint density at radius 1 is 1.33 bits per heavy atom. The van der Waals surface area contributed by atoms with E-state index >= 15 is 0 Å². The number of hydrogen-bond donors (Lipinski definition) is 2. The molecule has 0 aromatic heterocycles. The fourth-order valence-electron chi connectivity index (χ4n) is 2.70. The van der Waals surface area contributed by atoms with Gasteiger partial charge in [-0.25, -0.2) is 4.39 Å². The third-order valence-electron chi connectivity index (χ3n) is 4.21. The summed E-state index contributed by atoms with van der Waals surface area (Å²) in [7, 11) is 0. The van der Waals surface area contributed by atoms with Crippen LogP contribution in [0.1, 0.15) is 39.5 Å². The minimum absolute atomic E-state index is 0.173. The molecule has 1 saturated carbocycles. The van der Waals surface area contributed by atoms with Crippen molar-refractivity contribution in [2.75, 3.05) is 24.6 Å². The van der Waals surface area contributed by atoms with E-state index in [0.29, 0.717) is 6.04 Å². The Morgan fingerprint density at radius 3 is 2.52 bits per heavy atom. The van der Waals surface area contributed by atoms with Crippen LogP contribution in [0.4, 0.5) is 10.1 Å². The van der Waals surface area contributed by atoms with Crippen molar-refractivity contribution in [3.05, 3.63) is 30.1 Å². The average Bonchev–Trinajstić information content (AvgIpc) is 3.29. The van der Waals surface area contributed by atoms with Crippen LogP contribution in [0.5, 0.6) is 0 Å². The van der Waals surface area contributed by atoms with Crippen LogP contribution in [-0.4, -0.2) is 36.4 Å². The van der Waals surface area contributed by atoms with E-state index in [2.05, 4.69) is 24.1 Å². The summed E-state index contributed by atoms with van der Waals surface area (Å²) in [4.78, 5) is 2.24. The molecule has 1 unspecified atom stereocenters. The Kier molecular flexibility index (Phi) is 5.59. The van der Waals surface area contributed by atoms with Gasteiger partial charge in [0.25, 0.3) is 0 Å². The molecule has 0 spiro atoms. The van der Waals surface area contributed by atoms with Crippen molar-refractivity contribution in [3.63, 3.8) is 0 Å². The maximum atomic E-state index is 13.0. The fourth-order valence-corrected chi connectivity index (χ4v) is 2.70. The zero-order valence-electron chi connectivity index (χ0n) is 13.1. The predicted molar refractivity (Wildman–Crippen MR) is 85.2 cm³/mol. The van der Waals surface area contributed by atoms with Gasteiger partial charge in [0.2, 0.25) is 0 Å². The molecule has 0 bridgehead atoms. The number of hydrogen-bond acceptors (Lipinski definition) is 3. The average molecular weight is 294 g/mol. The highest BCUT2D eigenvalue weighted by Crippen LogP contribution is 2.25. The van der Waals surface area contributed by atoms with Gasteiger partial charge in [0.05, 0.1) is 6.61 Å². The lowest BCUT2D eigenvalue weighted by Gasteiger charge is -2.31. The van der Waals surface area contributed by atoms with Gasteiger partial charge in [0, 0.05) is 30.4 Å². The topological polar surface area (TPSA) is 35.5 Å². The number of aliphatic hydroxyl groups excluding tert-OH is 1. The molecule has 0 heterocycles. The van der Waals surface area contributed by atoms with E-state index in [4.69, 9.17) is 0 Å². The Morgan fingerprint density at radius 2 is 2.00 bits per heavy atom. The van der Waals surface area contributed by atoms with E-state index in [-0.39, 0.29) is 18.0 Å². The quantitative estimate of drug-likeness (QED) is 0.735. The van der Waals surface area contributed by atoms with E-state index in [1.165, 1.54) is 25.0 Å². The van der Waals surface area contributed by atoms with Gasteiger partial charge in [-0.3, -0.25) is 0 Å². The number of anilines is 1. The number of halogens is 1. The van der Waals surface area contributed by atoms with Gasteiger partial charge in [0.15, 0.2) is 0 Å². The summed E-state index contributed by atoms with van der Waals surface area (Å²) in [6.45, 7) is 6.20. The number of nitrogens with zero attached hydrogens (tertiary/aromatic N) is 1. The maximum Gasteiger partial charge on any atom is 0.123 e. The summed E-state index contributed by atoms with van der Waals surface area (Å²) in [6.07, 6.45) is 4.40. The van der Waals surface area contributed by atoms with Crippen LogP contribution < -0.4 is 10.2 Å². The van der Waals surface area contributed by atoms with Crippen LogP contribution in [0.3, 0.4) is 0 Å². The van der Waals surface area contributed by atoms with Crippen molar-refractivity contribution in [3.8, 4) is 0 Å². The van der Waals surface area contributed by atoms with Crippen molar-refractivity contribution in [1.29, 1.82) is 0 Å². The number of rotatable bonds is 9. The third-order valence-corrected chi connectivity index (χ3v) is 4.21. The molecule has 0 saturated heterocycles. The third kappa shape index (κ3) is 4.97. The van der Waals surface area contributed by atoms with Gasteiger partial charge in [-0.05, 0) is 63.8 Å². The fraction of sp³-hybridized carbons (Fsp3) is 0.647. The first-order valence-corrected chi connectivity index (χ1v) is 7.95. The highest BCUT2D eigenvalue weighted by molar-refractivity contribution is 5.45. The van der Waals surface area contributed by atoms with Gasteiger partial charge in [-0.2, -0.15) is 0 Å². The van der Waals surface area contributed by atoms with E-state index in [0.717, 1.165) is 31.6 Å². The summed E-state index contributed by atoms with van der Waals surface area (Å²) < 4.78 is 13.0. The molecule has 1 aromatic rings. The molecule has 21 heavy (non-hydrogen) atoms. The SMILES string of the molecule is CCN(CCCC(C)(CO)NC1CC1)c1ccc(F)cc1. The Balaban J connectivity index is 1.83. The van der Waals surface area contributed by atoms with E-state index in [1.54, 1.807) is 0 Å². The van der Waals surface area contributed by atoms with Crippen LogP contribution >= 0.6 is 0 Å². The molecule has 1 aliphatic carbocycles. The largest absolute Gasteiger partial charge is 0.394 e. The molecule has 0 amide bonds. The standard InChI is InChI=1S/C17H27FN2O/c1-3-20(16-9-5-14(18)6-10-16)12-4-11-17(2,13-21)19-15-7-8-15/h5-6,9-10,15,19,21H,3-4,7-8,11-13H2,1-2H3. The Hall–Kier alpha value is -1.13. The van der Waals surface area contributed by atoms with Crippen LogP contribution in [0, 0.1) is 5.82 Å². The second-order valence-corrected chi connectivity index (χ2v) is 6.30. The molecule has 1 fully saturated rings. The molecular formula is C17H27FN2O. The van der Waals surface area contributed by atoms with Crippen LogP contribution in [0.25, 0.3) is 0 Å². The van der Waals surface area contributed by atoms with Crippen LogP contribution in [0.2, 0.25) is 0 Å². The van der Waals surface area contributed by atoms with Crippen molar-refractivity contribution in [1.82, 2.24) is 5.32 Å². The smallest absolute Gasteiger partial charge is 0.123 e. The normalized spacial score (nSPS) is 17.5. The molecule has 1 atom stereocenters. The predicted octanol–water partition coefficient (Wildman–Crippen LogP) is 2.94. The van der Waals surface area contributed by atoms with Crippen molar-refractivity contribution >= 4 is 5.69 Å². The molecule has 2 rings (SSSR count). The lowest BCUT2D eigenvalue weighted by Crippen LogP contribution is -2.47. The van der Waals surface area contributed by atoms with Gasteiger partial charge >= 0.3 is 0 Å². The van der Waals surface area contributed by atoms with Crippen molar-refractivity contribution in [2.24, 2.45) is 0 Å². The minimum Gasteiger partial charge on any atom is -0.394 e. The second kappa shape index (κ2) is 7.23. The van der Waals surface area contributed by atoms with Gasteiger partial charge < -0.3 is 15.3 Å². The summed E-state index contributed by atoms with van der Waals surface area (Å²) in [5.41, 5.74) is 0.878. The summed E-state index contributed by atoms with van der Waals surface area (Å²) in [5.74, 6) is -0.198. The van der Waals surface area contributed by atoms with Crippen LogP contribution in [-0.2, 0) is 0 Å². The Labute approximate surface area is 127 Å². The summed E-state index contributed by atoms with van der Waals surface area (Å²) >= 11 is 0. The van der Waals surface area contributed by atoms with E-state index < -0.39 is 0 Å². The highest BCUT2D eigenvalue weighted by Gasteiger charge is 2.31. The molecule has 3 nitrogen and oxygen atoms in total. The van der Waals surface area contributed by atoms with Gasteiger partial charge in [-0.1, -0.05) is 0 Å². The molecule has 0 radical (unpaired) electrons. The maximum absolute atomic E-state index is 13.0. The zero-order valence-corrected chi connectivity index (χ0v) is 13.1. The molecular weight excluding hydrogens is 267 g/mol. The number of aliphatic hydroxyl groups is 1. The number of nitrogens with one attached hydrogen (secondary N) is 1. The summed E-state index contributed by atoms with van der Waals surface area (Å²) in [6, 6.07) is 7.26. The van der Waals surface area contributed by atoms with E-state index in [1.807, 2.05) is 12.1 Å². The zero-order chi connectivity index (χ0) is 15.3. The minimum atomic E-state index is -0.198. The molecule has 1 aromatic carbocycles. The molecule has 0 aliphatic heterocycles. The van der Waals surface area contributed by atoms with E-state index in [9.17, 15) is 9.50 Å². The highest BCUT2D eigenvalue weighted by atomic mass is 19.1. The monoisotopic (exact) mass is 294 g/mol. The lowest BCUT2D eigenvalue weighted by molar-refractivity contribution is 0.162. The van der Waals surface area contributed by atoms with Gasteiger partial charge in [-0.15, -0.1) is 0 Å². The van der Waals surface area contributed by atoms with Crippen molar-refractivity contribution < 1.29 is 9.50 Å². The molecule has 2 N–H and O–H groups in total. The number of benzene rings is 1. The summed E-state index contributed by atoms with van der Waals surface area (Å²) in [5, 5.41) is 13.2. The lowest BCUT2D eigenvalue weighted by atomic mass is 9.96. The molecule has 118 valence electrons. The van der Waals surface area contributed by atoms with Crippen molar-refractivity contribution in [2.45, 2.75) is 51.1 Å².